The first kappa shape index (κ1) is 21.2. The molecule has 0 aliphatic heterocycles. The summed E-state index contributed by atoms with van der Waals surface area (Å²) in [6.07, 6.45) is -5.97. The van der Waals surface area contributed by atoms with Gasteiger partial charge in [0.05, 0.1) is 16.1 Å². The predicted octanol–water partition coefficient (Wildman–Crippen LogP) is 3.79. The lowest BCUT2D eigenvalue weighted by atomic mass is 10.3. The molecule has 0 rings (SSSR count). The maximum atomic E-state index is 14.2. The third-order valence-corrected chi connectivity index (χ3v) is 13.6. The molecule has 128 valence electrons. The van der Waals surface area contributed by atoms with Crippen LogP contribution in [0.2, 0.25) is 39.3 Å². The molecule has 0 radical (unpaired) electrons. The fraction of sp³-hybridized carbons (Fsp3) is 1.00. The average Bonchev–Trinajstić information content (AvgIpc) is 2.05. The fourth-order valence-electron chi connectivity index (χ4n) is 2.78. The van der Waals surface area contributed by atoms with Crippen molar-refractivity contribution in [2.75, 3.05) is 0 Å². The standard InChI is InChI=1S/C9H20F5O4PSi2/c1-20(2,3)9(21(4,5)6,18-19(15,16)17)7(10,11)8(12,13)14/h1-6H3,(H2,15,16,17). The Bertz CT molecular complexity index is 421. The molecule has 0 aliphatic carbocycles. The van der Waals surface area contributed by atoms with Gasteiger partial charge in [0, 0.05) is 0 Å². The van der Waals surface area contributed by atoms with Gasteiger partial charge in [-0.15, -0.1) is 0 Å². The van der Waals surface area contributed by atoms with Crippen molar-refractivity contribution in [3.05, 3.63) is 0 Å². The Morgan fingerprint density at radius 1 is 0.857 bits per heavy atom. The highest BCUT2D eigenvalue weighted by Crippen LogP contribution is 2.59. The van der Waals surface area contributed by atoms with Gasteiger partial charge in [-0.2, -0.15) is 22.0 Å². The van der Waals surface area contributed by atoms with E-state index >= 15 is 0 Å². The van der Waals surface area contributed by atoms with Gasteiger partial charge in [-0.25, -0.2) is 4.57 Å². The van der Waals surface area contributed by atoms with Crippen molar-refractivity contribution in [3.8, 4) is 0 Å². The zero-order valence-corrected chi connectivity index (χ0v) is 15.4. The van der Waals surface area contributed by atoms with E-state index in [9.17, 15) is 26.5 Å². The Hall–Kier alpha value is 0.194. The maximum absolute atomic E-state index is 14.2. The molecule has 0 bridgehead atoms. The summed E-state index contributed by atoms with van der Waals surface area (Å²) in [5.41, 5.74) is 0. The van der Waals surface area contributed by atoms with Crippen LogP contribution in [0.5, 0.6) is 0 Å². The van der Waals surface area contributed by atoms with Gasteiger partial charge in [0.2, 0.25) is 0 Å². The van der Waals surface area contributed by atoms with Crippen LogP contribution in [-0.4, -0.2) is 42.9 Å². The number of hydrogen-bond donors (Lipinski definition) is 2. The summed E-state index contributed by atoms with van der Waals surface area (Å²) in [6.45, 7) is 7.09. The first-order valence-electron chi connectivity index (χ1n) is 5.91. The molecule has 0 heterocycles. The van der Waals surface area contributed by atoms with Crippen LogP contribution in [0.1, 0.15) is 0 Å². The molecular weight excluding hydrogens is 354 g/mol. The summed E-state index contributed by atoms with van der Waals surface area (Å²) < 4.78 is 82.7. The second kappa shape index (κ2) is 5.38. The number of halogens is 5. The van der Waals surface area contributed by atoms with Gasteiger partial charge in [-0.3, -0.25) is 4.52 Å². The lowest BCUT2D eigenvalue weighted by Gasteiger charge is -2.54. The Morgan fingerprint density at radius 3 is 1.29 bits per heavy atom. The van der Waals surface area contributed by atoms with Gasteiger partial charge in [-0.05, 0) is 0 Å². The van der Waals surface area contributed by atoms with Crippen molar-refractivity contribution in [2.45, 2.75) is 56.2 Å². The van der Waals surface area contributed by atoms with Gasteiger partial charge in [0.25, 0.3) is 0 Å². The van der Waals surface area contributed by atoms with Crippen LogP contribution < -0.4 is 0 Å². The second-order valence-electron chi connectivity index (χ2n) is 6.84. The molecule has 0 saturated heterocycles. The molecule has 0 aromatic rings. The minimum absolute atomic E-state index is 1.18. The predicted molar refractivity (Wildman–Crippen MR) is 73.6 cm³/mol. The van der Waals surface area contributed by atoms with E-state index in [1.54, 1.807) is 0 Å². The molecule has 0 unspecified atom stereocenters. The molecule has 0 aromatic carbocycles. The lowest BCUT2D eigenvalue weighted by Crippen LogP contribution is -2.79. The number of rotatable bonds is 5. The monoisotopic (exact) mass is 374 g/mol. The van der Waals surface area contributed by atoms with E-state index < -0.39 is 40.9 Å². The van der Waals surface area contributed by atoms with Crippen molar-refractivity contribution in [2.24, 2.45) is 0 Å². The van der Waals surface area contributed by atoms with E-state index in [0.717, 1.165) is 0 Å². The molecule has 0 amide bonds. The average molecular weight is 374 g/mol. The topological polar surface area (TPSA) is 66.8 Å². The van der Waals surface area contributed by atoms with Crippen molar-refractivity contribution >= 4 is 24.0 Å². The largest absolute Gasteiger partial charge is 0.469 e. The molecule has 0 aromatic heterocycles. The van der Waals surface area contributed by atoms with Gasteiger partial charge in [-0.1, -0.05) is 39.3 Å². The van der Waals surface area contributed by atoms with E-state index in [4.69, 9.17) is 9.79 Å². The third-order valence-electron chi connectivity index (χ3n) is 3.17. The van der Waals surface area contributed by atoms with Gasteiger partial charge >= 0.3 is 19.9 Å². The third kappa shape index (κ3) is 3.75. The molecule has 0 aliphatic rings. The van der Waals surface area contributed by atoms with Crippen LogP contribution in [0.3, 0.4) is 0 Å². The Balaban J connectivity index is 6.69. The van der Waals surface area contributed by atoms with Crippen LogP contribution in [-0.2, 0) is 9.09 Å². The highest BCUT2D eigenvalue weighted by Gasteiger charge is 2.79. The molecule has 21 heavy (non-hydrogen) atoms. The summed E-state index contributed by atoms with van der Waals surface area (Å²) in [4.78, 5) is 14.7. The van der Waals surface area contributed by atoms with Crippen molar-refractivity contribution < 1.29 is 40.8 Å². The first-order chi connectivity index (χ1) is 8.71. The summed E-state index contributed by atoms with van der Waals surface area (Å²) >= 11 is 0. The fourth-order valence-corrected chi connectivity index (χ4v) is 17.3. The Labute approximate surface area is 122 Å². The van der Waals surface area contributed by atoms with Crippen molar-refractivity contribution in [1.29, 1.82) is 0 Å². The summed E-state index contributed by atoms with van der Waals surface area (Å²) in [5, 5.41) is 0. The summed E-state index contributed by atoms with van der Waals surface area (Å²) in [5.74, 6) is -5.37. The van der Waals surface area contributed by atoms with Crippen LogP contribution in [0, 0.1) is 0 Å². The number of alkyl halides is 5. The molecule has 12 heteroatoms. The molecular formula is C9H20F5O4PSi2. The van der Waals surface area contributed by atoms with E-state index in [1.165, 1.54) is 39.3 Å². The molecule has 0 atom stereocenters. The summed E-state index contributed by atoms with van der Waals surface area (Å²) in [7, 11) is -12.7. The maximum Gasteiger partial charge on any atom is 0.469 e. The molecule has 4 nitrogen and oxygen atoms in total. The molecule has 0 spiro atoms. The normalized spacial score (nSPS) is 16.2. The van der Waals surface area contributed by atoms with E-state index in [0.29, 0.717) is 0 Å². The number of hydrogen-bond acceptors (Lipinski definition) is 2. The minimum atomic E-state index is -5.97. The van der Waals surface area contributed by atoms with Crippen LogP contribution in [0.4, 0.5) is 22.0 Å². The first-order valence-corrected chi connectivity index (χ1v) is 14.4. The highest BCUT2D eigenvalue weighted by molar-refractivity contribution is 7.46. The lowest BCUT2D eigenvalue weighted by molar-refractivity contribution is -0.309. The second-order valence-corrected chi connectivity index (χ2v) is 18.9. The summed E-state index contributed by atoms with van der Waals surface area (Å²) in [6, 6.07) is 0. The smallest absolute Gasteiger partial charge is 0.303 e. The van der Waals surface area contributed by atoms with Crippen LogP contribution in [0.25, 0.3) is 0 Å². The molecule has 2 N–H and O–H groups in total. The van der Waals surface area contributed by atoms with E-state index in [-0.39, 0.29) is 0 Å². The Morgan fingerprint density at radius 2 is 1.14 bits per heavy atom. The van der Waals surface area contributed by atoms with E-state index in [1.807, 2.05) is 0 Å². The highest BCUT2D eigenvalue weighted by atomic mass is 31.2. The zero-order valence-electron chi connectivity index (χ0n) is 12.5. The van der Waals surface area contributed by atoms with Crippen molar-refractivity contribution in [3.63, 3.8) is 0 Å². The van der Waals surface area contributed by atoms with Gasteiger partial charge < -0.3 is 9.79 Å². The van der Waals surface area contributed by atoms with Crippen molar-refractivity contribution in [1.82, 2.24) is 0 Å². The molecule has 0 fully saturated rings. The zero-order chi connectivity index (χ0) is 17.7. The van der Waals surface area contributed by atoms with Crippen LogP contribution >= 0.6 is 7.82 Å². The van der Waals surface area contributed by atoms with Gasteiger partial charge in [0.1, 0.15) is 4.85 Å². The SMILES string of the molecule is C[Si](C)(C)C(OP(=O)(O)O)(C(F)(F)C(F)(F)F)[Si](C)(C)C. The van der Waals surface area contributed by atoms with Gasteiger partial charge in [0.15, 0.2) is 0 Å². The quantitative estimate of drug-likeness (QED) is 0.437. The van der Waals surface area contributed by atoms with Crippen LogP contribution in [0.15, 0.2) is 0 Å². The minimum Gasteiger partial charge on any atom is -0.303 e. The Kier molecular flexibility index (Phi) is 5.43. The number of phosphoric acid groups is 1. The molecule has 0 saturated carbocycles. The van der Waals surface area contributed by atoms with E-state index in [2.05, 4.69) is 4.52 Å². The number of phosphoric ester groups is 1.